The average molecular weight is 209 g/mol. The van der Waals surface area contributed by atoms with Gasteiger partial charge in [-0.1, -0.05) is 0 Å². The van der Waals surface area contributed by atoms with Crippen LogP contribution in [0.2, 0.25) is 0 Å². The Morgan fingerprint density at radius 2 is 2.50 bits per heavy atom. The first kappa shape index (κ1) is 9.52. The number of likely N-dealkylation sites (N-methyl/N-ethyl adjacent to an activating group) is 1. The van der Waals surface area contributed by atoms with Gasteiger partial charge in [0.25, 0.3) is 0 Å². The molecule has 1 aromatic rings. The van der Waals surface area contributed by atoms with Gasteiger partial charge in [-0.2, -0.15) is 11.3 Å². The molecule has 0 saturated heterocycles. The van der Waals surface area contributed by atoms with Crippen LogP contribution in [-0.2, 0) is 0 Å². The van der Waals surface area contributed by atoms with Crippen LogP contribution in [0.1, 0.15) is 18.5 Å². The molecular formula is C10H15N3S. The molecule has 0 bridgehead atoms. The van der Waals surface area contributed by atoms with Crippen LogP contribution in [0.15, 0.2) is 21.8 Å². The molecule has 0 fully saturated rings. The predicted octanol–water partition coefficient (Wildman–Crippen LogP) is 1.70. The SMILES string of the molecule is CC(NC1=NCCN1C)c1ccsc1. The minimum absolute atomic E-state index is 0.348. The van der Waals surface area contributed by atoms with Crippen molar-refractivity contribution in [1.82, 2.24) is 10.2 Å². The van der Waals surface area contributed by atoms with Crippen LogP contribution in [0.3, 0.4) is 0 Å². The third-order valence-corrected chi connectivity index (χ3v) is 3.15. The monoisotopic (exact) mass is 209 g/mol. The largest absolute Gasteiger partial charge is 0.350 e. The number of rotatable bonds is 2. The van der Waals surface area contributed by atoms with Gasteiger partial charge < -0.3 is 10.2 Å². The van der Waals surface area contributed by atoms with Crippen molar-refractivity contribution in [3.8, 4) is 0 Å². The highest BCUT2D eigenvalue weighted by Gasteiger charge is 2.15. The first-order chi connectivity index (χ1) is 6.77. The maximum Gasteiger partial charge on any atom is 0.194 e. The lowest BCUT2D eigenvalue weighted by Crippen LogP contribution is -2.36. The van der Waals surface area contributed by atoms with Crippen molar-refractivity contribution in [2.24, 2.45) is 4.99 Å². The quantitative estimate of drug-likeness (QED) is 0.803. The van der Waals surface area contributed by atoms with Gasteiger partial charge in [0.1, 0.15) is 0 Å². The van der Waals surface area contributed by atoms with Gasteiger partial charge in [-0.05, 0) is 29.3 Å². The maximum absolute atomic E-state index is 4.40. The topological polar surface area (TPSA) is 27.6 Å². The molecule has 0 amide bonds. The molecule has 4 heteroatoms. The summed E-state index contributed by atoms with van der Waals surface area (Å²) in [4.78, 5) is 6.56. The summed E-state index contributed by atoms with van der Waals surface area (Å²) in [5, 5.41) is 7.69. The number of nitrogens with one attached hydrogen (secondary N) is 1. The molecule has 2 heterocycles. The Labute approximate surface area is 88.5 Å². The van der Waals surface area contributed by atoms with Crippen molar-refractivity contribution in [2.45, 2.75) is 13.0 Å². The average Bonchev–Trinajstić information content (AvgIpc) is 2.77. The molecule has 1 aliphatic heterocycles. The molecular weight excluding hydrogens is 194 g/mol. The first-order valence-corrected chi connectivity index (χ1v) is 5.76. The minimum atomic E-state index is 0.348. The summed E-state index contributed by atoms with van der Waals surface area (Å²) in [6.07, 6.45) is 0. The Morgan fingerprint density at radius 3 is 3.07 bits per heavy atom. The summed E-state index contributed by atoms with van der Waals surface area (Å²) < 4.78 is 0. The third-order valence-electron chi connectivity index (χ3n) is 2.45. The van der Waals surface area contributed by atoms with Gasteiger partial charge in [0.2, 0.25) is 0 Å². The Bertz CT molecular complexity index is 318. The van der Waals surface area contributed by atoms with Crippen LogP contribution in [0.4, 0.5) is 0 Å². The highest BCUT2D eigenvalue weighted by Crippen LogP contribution is 2.16. The fourth-order valence-electron chi connectivity index (χ4n) is 1.49. The number of hydrogen-bond acceptors (Lipinski definition) is 4. The summed E-state index contributed by atoms with van der Waals surface area (Å²) >= 11 is 1.73. The van der Waals surface area contributed by atoms with Crippen LogP contribution in [0.5, 0.6) is 0 Å². The zero-order valence-electron chi connectivity index (χ0n) is 8.53. The van der Waals surface area contributed by atoms with Gasteiger partial charge >= 0.3 is 0 Å². The Balaban J connectivity index is 1.98. The fraction of sp³-hybridized carbons (Fsp3) is 0.500. The second-order valence-electron chi connectivity index (χ2n) is 3.55. The summed E-state index contributed by atoms with van der Waals surface area (Å²) in [5.41, 5.74) is 1.33. The molecule has 0 saturated carbocycles. The molecule has 14 heavy (non-hydrogen) atoms. The highest BCUT2D eigenvalue weighted by molar-refractivity contribution is 7.07. The minimum Gasteiger partial charge on any atom is -0.350 e. The van der Waals surface area contributed by atoms with Gasteiger partial charge in [0, 0.05) is 13.6 Å². The van der Waals surface area contributed by atoms with E-state index in [4.69, 9.17) is 0 Å². The van der Waals surface area contributed by atoms with Crippen molar-refractivity contribution < 1.29 is 0 Å². The van der Waals surface area contributed by atoms with Gasteiger partial charge in [-0.15, -0.1) is 0 Å². The molecule has 0 radical (unpaired) electrons. The van der Waals surface area contributed by atoms with Crippen LogP contribution < -0.4 is 5.32 Å². The molecule has 3 nitrogen and oxygen atoms in total. The van der Waals surface area contributed by atoms with Crippen LogP contribution in [-0.4, -0.2) is 31.0 Å². The standard InChI is InChI=1S/C10H15N3S/c1-8(9-3-6-14-7-9)12-10-11-4-5-13(10)2/h3,6-8H,4-5H2,1-2H3,(H,11,12). The van der Waals surface area contributed by atoms with Crippen molar-refractivity contribution in [3.63, 3.8) is 0 Å². The molecule has 1 atom stereocenters. The van der Waals surface area contributed by atoms with E-state index in [1.54, 1.807) is 11.3 Å². The summed E-state index contributed by atoms with van der Waals surface area (Å²) in [7, 11) is 2.07. The first-order valence-electron chi connectivity index (χ1n) is 4.81. The Morgan fingerprint density at radius 1 is 1.64 bits per heavy atom. The number of thiophene rings is 1. The van der Waals surface area contributed by atoms with E-state index >= 15 is 0 Å². The molecule has 1 N–H and O–H groups in total. The molecule has 0 spiro atoms. The number of guanidine groups is 1. The van der Waals surface area contributed by atoms with E-state index in [-0.39, 0.29) is 0 Å². The molecule has 2 rings (SSSR count). The molecule has 0 aliphatic carbocycles. The van der Waals surface area contributed by atoms with E-state index in [2.05, 4.69) is 46.0 Å². The maximum atomic E-state index is 4.40. The van der Waals surface area contributed by atoms with Gasteiger partial charge in [-0.3, -0.25) is 4.99 Å². The normalized spacial score (nSPS) is 18.1. The smallest absolute Gasteiger partial charge is 0.194 e. The predicted molar refractivity (Wildman–Crippen MR) is 60.8 cm³/mol. The lowest BCUT2D eigenvalue weighted by Gasteiger charge is -2.19. The van der Waals surface area contributed by atoms with Crippen LogP contribution in [0.25, 0.3) is 0 Å². The third kappa shape index (κ3) is 1.90. The van der Waals surface area contributed by atoms with Gasteiger partial charge in [0.05, 0.1) is 12.6 Å². The van der Waals surface area contributed by atoms with E-state index < -0.39 is 0 Å². The number of nitrogens with zero attached hydrogens (tertiary/aromatic N) is 2. The van der Waals surface area contributed by atoms with Crippen molar-refractivity contribution in [3.05, 3.63) is 22.4 Å². The zero-order valence-corrected chi connectivity index (χ0v) is 9.34. The summed E-state index contributed by atoms with van der Waals surface area (Å²) in [6, 6.07) is 2.50. The van der Waals surface area contributed by atoms with Gasteiger partial charge in [0.15, 0.2) is 5.96 Å². The lowest BCUT2D eigenvalue weighted by molar-refractivity contribution is 0.521. The molecule has 1 unspecified atom stereocenters. The fourth-order valence-corrected chi connectivity index (χ4v) is 2.24. The van der Waals surface area contributed by atoms with Crippen molar-refractivity contribution in [1.29, 1.82) is 0 Å². The number of hydrogen-bond donors (Lipinski definition) is 1. The summed E-state index contributed by atoms with van der Waals surface area (Å²) in [6.45, 7) is 4.10. The zero-order chi connectivity index (χ0) is 9.97. The van der Waals surface area contributed by atoms with Gasteiger partial charge in [-0.25, -0.2) is 0 Å². The van der Waals surface area contributed by atoms with E-state index in [0.717, 1.165) is 19.0 Å². The van der Waals surface area contributed by atoms with Crippen LogP contribution in [0, 0.1) is 0 Å². The molecule has 1 aromatic heterocycles. The molecule has 1 aliphatic rings. The number of aliphatic imine (C=N–C) groups is 1. The van der Waals surface area contributed by atoms with E-state index in [1.807, 2.05) is 0 Å². The van der Waals surface area contributed by atoms with E-state index in [1.165, 1.54) is 5.56 Å². The lowest BCUT2D eigenvalue weighted by atomic mass is 10.2. The Hall–Kier alpha value is -1.03. The Kier molecular flexibility index (Phi) is 2.72. The van der Waals surface area contributed by atoms with Crippen LogP contribution >= 0.6 is 11.3 Å². The highest BCUT2D eigenvalue weighted by atomic mass is 32.1. The molecule has 0 aromatic carbocycles. The van der Waals surface area contributed by atoms with E-state index in [0.29, 0.717) is 6.04 Å². The van der Waals surface area contributed by atoms with E-state index in [9.17, 15) is 0 Å². The summed E-state index contributed by atoms with van der Waals surface area (Å²) in [5.74, 6) is 1.02. The molecule has 76 valence electrons. The van der Waals surface area contributed by atoms with Crippen molar-refractivity contribution in [2.75, 3.05) is 20.1 Å². The second kappa shape index (κ2) is 4.00. The second-order valence-corrected chi connectivity index (χ2v) is 4.33. The van der Waals surface area contributed by atoms with Crippen molar-refractivity contribution >= 4 is 17.3 Å².